The molecule has 100 valence electrons. The van der Waals surface area contributed by atoms with Crippen molar-refractivity contribution in [2.24, 2.45) is 0 Å². The van der Waals surface area contributed by atoms with E-state index in [-0.39, 0.29) is 5.56 Å². The Kier molecular flexibility index (Phi) is 4.45. The van der Waals surface area contributed by atoms with Crippen molar-refractivity contribution >= 4 is 27.5 Å². The second kappa shape index (κ2) is 5.90. The van der Waals surface area contributed by atoms with E-state index in [2.05, 4.69) is 15.9 Å². The Morgan fingerprint density at radius 2 is 2.05 bits per heavy atom. The maximum absolute atomic E-state index is 13.8. The summed E-state index contributed by atoms with van der Waals surface area (Å²) >= 11 is 9.32. The third-order valence-corrected chi connectivity index (χ3v) is 3.58. The third-order valence-electron chi connectivity index (χ3n) is 2.76. The monoisotopic (exact) mass is 344 g/mol. The topological polar surface area (TPSA) is 29.5 Å². The van der Waals surface area contributed by atoms with E-state index in [1.54, 1.807) is 24.3 Å². The molecule has 0 saturated carbocycles. The lowest BCUT2D eigenvalue weighted by Crippen LogP contribution is -2.05. The molecule has 0 fully saturated rings. The molecular weight excluding hydrogens is 335 g/mol. The summed E-state index contributed by atoms with van der Waals surface area (Å²) in [4.78, 5) is 0. The number of ether oxygens (including phenoxy) is 1. The van der Waals surface area contributed by atoms with Crippen LogP contribution >= 0.6 is 27.5 Å². The van der Waals surface area contributed by atoms with Gasteiger partial charge in [-0.1, -0.05) is 33.6 Å². The molecule has 0 saturated heterocycles. The molecule has 0 spiro atoms. The van der Waals surface area contributed by atoms with Crippen LogP contribution in [-0.2, 0) is 0 Å². The molecule has 2 aromatic rings. The Labute approximate surface area is 123 Å². The van der Waals surface area contributed by atoms with Gasteiger partial charge in [-0.15, -0.1) is 0 Å². The summed E-state index contributed by atoms with van der Waals surface area (Å²) in [6.45, 7) is 0. The van der Waals surface area contributed by atoms with E-state index in [1.807, 2.05) is 0 Å². The Balaban J connectivity index is 2.55. The molecule has 0 aliphatic carbocycles. The molecule has 5 heteroatoms. The van der Waals surface area contributed by atoms with Crippen LogP contribution in [0.5, 0.6) is 5.75 Å². The Bertz CT molecular complexity index is 604. The summed E-state index contributed by atoms with van der Waals surface area (Å²) in [5, 5.41) is 10.7. The van der Waals surface area contributed by atoms with Crippen LogP contribution < -0.4 is 4.74 Å². The first-order valence-corrected chi connectivity index (χ1v) is 6.67. The zero-order valence-corrected chi connectivity index (χ0v) is 12.4. The fourth-order valence-corrected chi connectivity index (χ4v) is 2.49. The van der Waals surface area contributed by atoms with Crippen molar-refractivity contribution in [2.75, 3.05) is 7.11 Å². The van der Waals surface area contributed by atoms with Gasteiger partial charge in [0.2, 0.25) is 0 Å². The van der Waals surface area contributed by atoms with E-state index >= 15 is 0 Å². The summed E-state index contributed by atoms with van der Waals surface area (Å²) in [6.07, 6.45) is -1.19. The summed E-state index contributed by atoms with van der Waals surface area (Å²) < 4.78 is 19.6. The van der Waals surface area contributed by atoms with Crippen LogP contribution in [-0.4, -0.2) is 12.2 Å². The van der Waals surface area contributed by atoms with Gasteiger partial charge < -0.3 is 9.84 Å². The van der Waals surface area contributed by atoms with Gasteiger partial charge in [0.15, 0.2) is 0 Å². The minimum absolute atomic E-state index is 0.140. The largest absolute Gasteiger partial charge is 0.496 e. The van der Waals surface area contributed by atoms with Crippen LogP contribution in [0.1, 0.15) is 17.2 Å². The van der Waals surface area contributed by atoms with Gasteiger partial charge in [0.1, 0.15) is 17.7 Å². The molecule has 0 amide bonds. The molecule has 0 bridgehead atoms. The highest BCUT2D eigenvalue weighted by Crippen LogP contribution is 2.37. The molecule has 0 heterocycles. The van der Waals surface area contributed by atoms with Gasteiger partial charge in [-0.05, 0) is 30.3 Å². The van der Waals surface area contributed by atoms with Crippen LogP contribution in [0.2, 0.25) is 5.02 Å². The van der Waals surface area contributed by atoms with Gasteiger partial charge in [0.05, 0.1) is 12.1 Å². The lowest BCUT2D eigenvalue weighted by molar-refractivity contribution is 0.209. The number of hydrogen-bond acceptors (Lipinski definition) is 2. The predicted molar refractivity (Wildman–Crippen MR) is 76.2 cm³/mol. The lowest BCUT2D eigenvalue weighted by Gasteiger charge is -2.17. The van der Waals surface area contributed by atoms with Crippen molar-refractivity contribution in [3.05, 3.63) is 62.8 Å². The first kappa shape index (κ1) is 14.3. The molecule has 2 aromatic carbocycles. The first-order valence-electron chi connectivity index (χ1n) is 5.50. The number of halogens is 3. The van der Waals surface area contributed by atoms with E-state index in [9.17, 15) is 9.50 Å². The second-order valence-corrected chi connectivity index (χ2v) is 5.25. The standard InChI is InChI=1S/C14H11BrClFO2/c1-19-12-4-2-3-10(16)13(12)14(18)9-7-8(15)5-6-11(9)17/h2-7,14,18H,1H3. The highest BCUT2D eigenvalue weighted by molar-refractivity contribution is 9.10. The molecule has 1 unspecified atom stereocenters. The normalized spacial score (nSPS) is 12.3. The molecule has 0 radical (unpaired) electrons. The fourth-order valence-electron chi connectivity index (χ4n) is 1.84. The molecule has 1 N–H and O–H groups in total. The number of benzene rings is 2. The number of hydrogen-bond donors (Lipinski definition) is 1. The average Bonchev–Trinajstić information content (AvgIpc) is 2.40. The number of aliphatic hydroxyl groups excluding tert-OH is 1. The van der Waals surface area contributed by atoms with Crippen LogP contribution in [0.4, 0.5) is 4.39 Å². The van der Waals surface area contributed by atoms with Crippen LogP contribution in [0.25, 0.3) is 0 Å². The Morgan fingerprint density at radius 1 is 1.32 bits per heavy atom. The quantitative estimate of drug-likeness (QED) is 0.897. The van der Waals surface area contributed by atoms with Crippen molar-refractivity contribution in [1.82, 2.24) is 0 Å². The number of aliphatic hydroxyl groups is 1. The maximum atomic E-state index is 13.8. The SMILES string of the molecule is COc1cccc(Cl)c1C(O)c1cc(Br)ccc1F. The smallest absolute Gasteiger partial charge is 0.129 e. The molecule has 0 aliphatic heterocycles. The number of methoxy groups -OCH3 is 1. The van der Waals surface area contributed by atoms with Crippen molar-refractivity contribution in [3.63, 3.8) is 0 Å². The van der Waals surface area contributed by atoms with E-state index < -0.39 is 11.9 Å². The molecule has 19 heavy (non-hydrogen) atoms. The highest BCUT2D eigenvalue weighted by atomic mass is 79.9. The second-order valence-electron chi connectivity index (χ2n) is 3.92. The molecule has 0 aliphatic rings. The van der Waals surface area contributed by atoms with Crippen molar-refractivity contribution in [2.45, 2.75) is 6.10 Å². The van der Waals surface area contributed by atoms with E-state index in [0.29, 0.717) is 20.8 Å². The van der Waals surface area contributed by atoms with Gasteiger partial charge in [0, 0.05) is 15.6 Å². The van der Waals surface area contributed by atoms with Crippen molar-refractivity contribution in [3.8, 4) is 5.75 Å². The Hall–Kier alpha value is -1.10. The van der Waals surface area contributed by atoms with Gasteiger partial charge >= 0.3 is 0 Å². The minimum Gasteiger partial charge on any atom is -0.496 e. The van der Waals surface area contributed by atoms with Crippen LogP contribution in [0.3, 0.4) is 0 Å². The summed E-state index contributed by atoms with van der Waals surface area (Å²) in [5.41, 5.74) is 0.490. The van der Waals surface area contributed by atoms with Crippen LogP contribution in [0, 0.1) is 5.82 Å². The molecule has 2 nitrogen and oxygen atoms in total. The zero-order valence-electron chi connectivity index (χ0n) is 10.0. The molecule has 2 rings (SSSR count). The number of rotatable bonds is 3. The van der Waals surface area contributed by atoms with Crippen molar-refractivity contribution < 1.29 is 14.2 Å². The minimum atomic E-state index is -1.19. The van der Waals surface area contributed by atoms with Crippen molar-refractivity contribution in [1.29, 1.82) is 0 Å². The first-order chi connectivity index (χ1) is 9.04. The zero-order chi connectivity index (χ0) is 14.0. The van der Waals surface area contributed by atoms with E-state index in [1.165, 1.54) is 19.2 Å². The van der Waals surface area contributed by atoms with E-state index in [0.717, 1.165) is 0 Å². The lowest BCUT2D eigenvalue weighted by atomic mass is 10.00. The molecule has 0 aromatic heterocycles. The van der Waals surface area contributed by atoms with Gasteiger partial charge in [-0.3, -0.25) is 0 Å². The van der Waals surface area contributed by atoms with Gasteiger partial charge in [0.25, 0.3) is 0 Å². The van der Waals surface area contributed by atoms with Crippen LogP contribution in [0.15, 0.2) is 40.9 Å². The highest BCUT2D eigenvalue weighted by Gasteiger charge is 2.21. The van der Waals surface area contributed by atoms with E-state index in [4.69, 9.17) is 16.3 Å². The fraction of sp³-hybridized carbons (Fsp3) is 0.143. The average molecular weight is 346 g/mol. The summed E-state index contributed by atoms with van der Waals surface area (Å²) in [5.74, 6) is -0.0861. The third kappa shape index (κ3) is 2.91. The Morgan fingerprint density at radius 3 is 2.74 bits per heavy atom. The van der Waals surface area contributed by atoms with Gasteiger partial charge in [-0.2, -0.15) is 0 Å². The summed E-state index contributed by atoms with van der Waals surface area (Å²) in [6, 6.07) is 9.36. The maximum Gasteiger partial charge on any atom is 0.129 e. The molecular formula is C14H11BrClFO2. The predicted octanol–water partition coefficient (Wildman–Crippen LogP) is 4.33. The molecule has 1 atom stereocenters. The summed E-state index contributed by atoms with van der Waals surface area (Å²) in [7, 11) is 1.47. The van der Waals surface area contributed by atoms with Gasteiger partial charge in [-0.25, -0.2) is 4.39 Å².